The molecule has 1 N–H and O–H groups in total. The first-order valence-corrected chi connectivity index (χ1v) is 11.2. The van der Waals surface area contributed by atoms with Gasteiger partial charge in [-0.1, -0.05) is 30.3 Å². The minimum atomic E-state index is -3.01. The lowest BCUT2D eigenvalue weighted by atomic mass is 10.1. The van der Waals surface area contributed by atoms with Crippen molar-refractivity contribution in [3.8, 4) is 0 Å². The Morgan fingerprint density at radius 3 is 2.54 bits per heavy atom. The van der Waals surface area contributed by atoms with E-state index in [1.165, 1.54) is 0 Å². The van der Waals surface area contributed by atoms with E-state index in [2.05, 4.69) is 10.4 Å². The maximum absolute atomic E-state index is 12.3. The van der Waals surface area contributed by atoms with Crippen LogP contribution in [0.5, 0.6) is 0 Å². The van der Waals surface area contributed by atoms with Crippen molar-refractivity contribution in [1.82, 2.24) is 9.78 Å². The van der Waals surface area contributed by atoms with Gasteiger partial charge in [0.1, 0.15) is 0 Å². The second-order valence-electron chi connectivity index (χ2n) is 7.24. The first kappa shape index (κ1) is 20.3. The maximum atomic E-state index is 12.3. The van der Waals surface area contributed by atoms with E-state index in [9.17, 15) is 18.0 Å². The lowest BCUT2D eigenvalue weighted by Crippen LogP contribution is -2.15. The van der Waals surface area contributed by atoms with Gasteiger partial charge < -0.3 is 5.32 Å². The summed E-state index contributed by atoms with van der Waals surface area (Å²) in [7, 11) is -3.01. The molecule has 2 aromatic rings. The van der Waals surface area contributed by atoms with E-state index in [0.29, 0.717) is 36.2 Å². The van der Waals surface area contributed by atoms with Gasteiger partial charge in [0, 0.05) is 18.4 Å². The van der Waals surface area contributed by atoms with Crippen molar-refractivity contribution < 1.29 is 18.0 Å². The molecule has 1 aromatic carbocycles. The van der Waals surface area contributed by atoms with Crippen LogP contribution in [0.1, 0.15) is 53.5 Å². The van der Waals surface area contributed by atoms with Crippen molar-refractivity contribution in [3.63, 3.8) is 0 Å². The first-order valence-electron chi connectivity index (χ1n) is 9.41. The van der Waals surface area contributed by atoms with Gasteiger partial charge in [0.05, 0.1) is 34.6 Å². The van der Waals surface area contributed by atoms with Crippen LogP contribution >= 0.6 is 0 Å². The Morgan fingerprint density at radius 1 is 1.18 bits per heavy atom. The summed E-state index contributed by atoms with van der Waals surface area (Å²) in [6.07, 6.45) is 1.56. The summed E-state index contributed by atoms with van der Waals surface area (Å²) >= 11 is 0. The molecule has 1 fully saturated rings. The number of hydrogen-bond donors (Lipinski definition) is 1. The number of aromatic nitrogens is 2. The van der Waals surface area contributed by atoms with Gasteiger partial charge in [-0.2, -0.15) is 5.10 Å². The van der Waals surface area contributed by atoms with Crippen LogP contribution in [-0.2, 0) is 14.6 Å². The van der Waals surface area contributed by atoms with Gasteiger partial charge in [-0.05, 0) is 26.7 Å². The predicted molar refractivity (Wildman–Crippen MR) is 107 cm³/mol. The molecule has 0 spiro atoms. The van der Waals surface area contributed by atoms with Crippen molar-refractivity contribution in [1.29, 1.82) is 0 Å². The van der Waals surface area contributed by atoms with Crippen LogP contribution in [0.2, 0.25) is 0 Å². The number of nitrogens with zero attached hydrogens (tertiary/aromatic N) is 2. The molecule has 2 heterocycles. The molecule has 0 radical (unpaired) electrons. The van der Waals surface area contributed by atoms with Crippen LogP contribution in [0.25, 0.3) is 0 Å². The van der Waals surface area contributed by atoms with Gasteiger partial charge in [0.2, 0.25) is 5.91 Å². The number of amides is 1. The Hall–Kier alpha value is -2.48. The summed E-state index contributed by atoms with van der Waals surface area (Å²) in [4.78, 5) is 24.4. The van der Waals surface area contributed by atoms with E-state index in [1.807, 2.05) is 25.1 Å². The molecule has 7 nitrogen and oxygen atoms in total. The molecule has 1 amide bonds. The maximum Gasteiger partial charge on any atom is 0.224 e. The molecule has 1 aliphatic heterocycles. The third-order valence-corrected chi connectivity index (χ3v) is 6.80. The molecule has 3 rings (SSSR count). The SMILES string of the molecule is Cc1nn(C2CCS(=O)(=O)C2)c(C)c1NC(=O)CCCC(=O)c1ccccc1. The fourth-order valence-electron chi connectivity index (χ4n) is 3.55. The highest BCUT2D eigenvalue weighted by atomic mass is 32.2. The van der Waals surface area contributed by atoms with Crippen molar-refractivity contribution in [3.05, 3.63) is 47.3 Å². The fourth-order valence-corrected chi connectivity index (χ4v) is 5.24. The number of sulfone groups is 1. The zero-order valence-electron chi connectivity index (χ0n) is 16.1. The summed E-state index contributed by atoms with van der Waals surface area (Å²) in [5, 5.41) is 7.32. The van der Waals surface area contributed by atoms with Gasteiger partial charge in [-0.3, -0.25) is 14.3 Å². The molecular weight excluding hydrogens is 378 g/mol. The summed E-state index contributed by atoms with van der Waals surface area (Å²) in [5.74, 6) is 0.110. The molecule has 1 saturated heterocycles. The van der Waals surface area contributed by atoms with Gasteiger partial charge in [-0.15, -0.1) is 0 Å². The third-order valence-electron chi connectivity index (χ3n) is 5.05. The normalized spacial score (nSPS) is 18.1. The number of benzene rings is 1. The molecule has 0 bridgehead atoms. The number of rotatable bonds is 7. The van der Waals surface area contributed by atoms with Crippen LogP contribution in [0, 0.1) is 13.8 Å². The van der Waals surface area contributed by atoms with Gasteiger partial charge in [-0.25, -0.2) is 8.42 Å². The van der Waals surface area contributed by atoms with E-state index in [4.69, 9.17) is 0 Å². The molecular formula is C20H25N3O4S. The number of hydrogen-bond acceptors (Lipinski definition) is 5. The van der Waals surface area contributed by atoms with Crippen LogP contribution in [-0.4, -0.2) is 41.4 Å². The number of carbonyl (C=O) groups is 2. The summed E-state index contributed by atoms with van der Waals surface area (Å²) in [5.41, 5.74) is 2.70. The topological polar surface area (TPSA) is 98.1 Å². The van der Waals surface area contributed by atoms with E-state index >= 15 is 0 Å². The second kappa shape index (κ2) is 8.26. The lowest BCUT2D eigenvalue weighted by Gasteiger charge is -2.11. The number of ketones is 1. The number of carbonyl (C=O) groups excluding carboxylic acids is 2. The molecule has 1 aliphatic rings. The number of nitrogens with one attached hydrogen (secondary N) is 1. The molecule has 150 valence electrons. The summed E-state index contributed by atoms with van der Waals surface area (Å²) in [6, 6.07) is 8.85. The highest BCUT2D eigenvalue weighted by Gasteiger charge is 2.31. The van der Waals surface area contributed by atoms with Crippen LogP contribution < -0.4 is 5.32 Å². The Labute approximate surface area is 165 Å². The molecule has 28 heavy (non-hydrogen) atoms. The second-order valence-corrected chi connectivity index (χ2v) is 9.47. The third kappa shape index (κ3) is 4.67. The highest BCUT2D eigenvalue weighted by Crippen LogP contribution is 2.29. The zero-order chi connectivity index (χ0) is 20.3. The number of Topliss-reactive ketones (excluding diaryl/α,β-unsaturated/α-hetero) is 1. The minimum Gasteiger partial charge on any atom is -0.323 e. The summed E-state index contributed by atoms with van der Waals surface area (Å²) in [6.45, 7) is 3.63. The highest BCUT2D eigenvalue weighted by molar-refractivity contribution is 7.91. The van der Waals surface area contributed by atoms with E-state index in [0.717, 1.165) is 5.69 Å². The van der Waals surface area contributed by atoms with Crippen molar-refractivity contribution in [2.45, 2.75) is 45.6 Å². The van der Waals surface area contributed by atoms with Crippen molar-refractivity contribution in [2.24, 2.45) is 0 Å². The number of anilines is 1. The average Bonchev–Trinajstić information content (AvgIpc) is 3.15. The van der Waals surface area contributed by atoms with Crippen LogP contribution in [0.4, 0.5) is 5.69 Å². The van der Waals surface area contributed by atoms with Crippen molar-refractivity contribution >= 4 is 27.2 Å². The molecule has 0 aliphatic carbocycles. The monoisotopic (exact) mass is 403 g/mol. The molecule has 1 aromatic heterocycles. The zero-order valence-corrected chi connectivity index (χ0v) is 17.0. The Balaban J connectivity index is 1.56. The van der Waals surface area contributed by atoms with Gasteiger partial charge in [0.25, 0.3) is 0 Å². The van der Waals surface area contributed by atoms with Gasteiger partial charge in [0.15, 0.2) is 15.6 Å². The Kier molecular flexibility index (Phi) is 5.98. The molecule has 1 unspecified atom stereocenters. The average molecular weight is 404 g/mol. The van der Waals surface area contributed by atoms with Crippen LogP contribution in [0.3, 0.4) is 0 Å². The Morgan fingerprint density at radius 2 is 1.89 bits per heavy atom. The Bertz CT molecular complexity index is 980. The first-order chi connectivity index (χ1) is 13.3. The van der Waals surface area contributed by atoms with E-state index in [1.54, 1.807) is 23.7 Å². The largest absolute Gasteiger partial charge is 0.323 e. The van der Waals surface area contributed by atoms with Crippen molar-refractivity contribution in [2.75, 3.05) is 16.8 Å². The standard InChI is InChI=1S/C20H25N3O4S/c1-14-20(15(2)23(22-14)17-11-12-28(26,27)13-17)21-19(25)10-6-9-18(24)16-7-4-3-5-8-16/h3-5,7-8,17H,6,9-13H2,1-2H3,(H,21,25). The molecule has 8 heteroatoms. The van der Waals surface area contributed by atoms with Crippen LogP contribution in [0.15, 0.2) is 30.3 Å². The lowest BCUT2D eigenvalue weighted by molar-refractivity contribution is -0.116. The van der Waals surface area contributed by atoms with E-state index < -0.39 is 9.84 Å². The molecule has 0 saturated carbocycles. The molecule has 1 atom stereocenters. The van der Waals surface area contributed by atoms with Gasteiger partial charge >= 0.3 is 0 Å². The quantitative estimate of drug-likeness (QED) is 0.717. The minimum absolute atomic E-state index is 0.0241. The predicted octanol–water partition coefficient (Wildman–Crippen LogP) is 2.85. The fraction of sp³-hybridized carbons (Fsp3) is 0.450. The smallest absolute Gasteiger partial charge is 0.224 e. The number of aryl methyl sites for hydroxylation is 1. The van der Waals surface area contributed by atoms with E-state index in [-0.39, 0.29) is 35.7 Å². The summed E-state index contributed by atoms with van der Waals surface area (Å²) < 4.78 is 25.2.